The zero-order chi connectivity index (χ0) is 7.98. The third-order valence-corrected chi connectivity index (χ3v) is 1.70. The topological polar surface area (TPSA) is 17.1 Å². The lowest BCUT2D eigenvalue weighted by Gasteiger charge is -2.02. The van der Waals surface area contributed by atoms with Crippen molar-refractivity contribution in [3.05, 3.63) is 12.2 Å². The molecule has 0 heterocycles. The van der Waals surface area contributed by atoms with Crippen molar-refractivity contribution < 1.29 is 4.79 Å². The second-order valence-electron chi connectivity index (χ2n) is 2.66. The van der Waals surface area contributed by atoms with Crippen molar-refractivity contribution in [3.63, 3.8) is 0 Å². The molecule has 1 atom stereocenters. The number of rotatable bonds is 4. The van der Waals surface area contributed by atoms with Crippen molar-refractivity contribution in [2.24, 2.45) is 5.92 Å². The average Bonchev–Trinajstić information content (AvgIpc) is 1.88. The maximum atomic E-state index is 10.7. The lowest BCUT2D eigenvalue weighted by Crippen LogP contribution is -2.04. The Kier molecular flexibility index (Phi) is 4.91. The summed E-state index contributed by atoms with van der Waals surface area (Å²) in [6.07, 6.45) is 6.13. The summed E-state index contributed by atoms with van der Waals surface area (Å²) in [5.74, 6) is 0.528. The molecule has 0 rings (SSSR count). The van der Waals surface area contributed by atoms with Crippen LogP contribution in [0.5, 0.6) is 0 Å². The van der Waals surface area contributed by atoms with Gasteiger partial charge in [0, 0.05) is 5.92 Å². The Hall–Kier alpha value is -0.590. The van der Waals surface area contributed by atoms with Gasteiger partial charge < -0.3 is 0 Å². The molecule has 0 aromatic rings. The molecule has 1 nitrogen and oxygen atoms in total. The number of ketones is 1. The van der Waals surface area contributed by atoms with Crippen LogP contribution in [0, 0.1) is 5.92 Å². The van der Waals surface area contributed by atoms with Gasteiger partial charge in [0.15, 0.2) is 0 Å². The maximum absolute atomic E-state index is 10.7. The van der Waals surface area contributed by atoms with E-state index >= 15 is 0 Å². The Morgan fingerprint density at radius 3 is 2.60 bits per heavy atom. The first-order valence-corrected chi connectivity index (χ1v) is 3.80. The predicted molar refractivity (Wildman–Crippen MR) is 43.9 cm³/mol. The summed E-state index contributed by atoms with van der Waals surface area (Å²) < 4.78 is 0. The quantitative estimate of drug-likeness (QED) is 0.548. The summed E-state index contributed by atoms with van der Waals surface area (Å²) >= 11 is 0. The van der Waals surface area contributed by atoms with E-state index in [-0.39, 0.29) is 5.92 Å². The Bertz CT molecular complexity index is 125. The molecule has 58 valence electrons. The van der Waals surface area contributed by atoms with Gasteiger partial charge in [0.05, 0.1) is 0 Å². The molecule has 0 aromatic heterocycles. The molecule has 0 saturated carbocycles. The molecular formula is C9H16O. The van der Waals surface area contributed by atoms with E-state index in [9.17, 15) is 4.79 Å². The first-order valence-electron chi connectivity index (χ1n) is 3.80. The minimum absolute atomic E-state index is 0.233. The first-order chi connectivity index (χ1) is 4.68. The van der Waals surface area contributed by atoms with Crippen molar-refractivity contribution >= 4 is 5.78 Å². The zero-order valence-corrected chi connectivity index (χ0v) is 7.05. The minimum Gasteiger partial charge on any atom is -0.300 e. The summed E-state index contributed by atoms with van der Waals surface area (Å²) in [6, 6.07) is 0. The fourth-order valence-electron chi connectivity index (χ4n) is 0.716. The second kappa shape index (κ2) is 5.21. The largest absolute Gasteiger partial charge is 0.300 e. The van der Waals surface area contributed by atoms with E-state index < -0.39 is 0 Å². The fraction of sp³-hybridized carbons (Fsp3) is 0.667. The van der Waals surface area contributed by atoms with Crippen LogP contribution in [0.3, 0.4) is 0 Å². The Labute approximate surface area is 63.1 Å². The highest BCUT2D eigenvalue weighted by atomic mass is 16.1. The molecule has 0 aliphatic carbocycles. The molecule has 0 fully saturated rings. The van der Waals surface area contributed by atoms with Crippen LogP contribution in [-0.4, -0.2) is 5.78 Å². The van der Waals surface area contributed by atoms with Crippen molar-refractivity contribution in [1.29, 1.82) is 0 Å². The van der Waals surface area contributed by atoms with E-state index in [0.29, 0.717) is 5.78 Å². The standard InChI is InChI=1S/C9H16O/c1-4-5-6-7-8(2)9(3)10/h4-5,8H,6-7H2,1-3H3/b5-4-. The maximum Gasteiger partial charge on any atom is 0.132 e. The number of hydrogen-bond donors (Lipinski definition) is 0. The molecule has 0 radical (unpaired) electrons. The van der Waals surface area contributed by atoms with Crippen LogP contribution in [0.25, 0.3) is 0 Å². The molecule has 0 aromatic carbocycles. The smallest absolute Gasteiger partial charge is 0.132 e. The highest BCUT2D eigenvalue weighted by molar-refractivity contribution is 5.77. The van der Waals surface area contributed by atoms with E-state index in [2.05, 4.69) is 6.08 Å². The van der Waals surface area contributed by atoms with Crippen LogP contribution in [0.4, 0.5) is 0 Å². The average molecular weight is 140 g/mol. The van der Waals surface area contributed by atoms with Crippen molar-refractivity contribution in [2.45, 2.75) is 33.6 Å². The third kappa shape index (κ3) is 4.30. The molecule has 0 spiro atoms. The Balaban J connectivity index is 3.39. The summed E-state index contributed by atoms with van der Waals surface area (Å²) in [5.41, 5.74) is 0. The molecule has 0 amide bonds. The highest BCUT2D eigenvalue weighted by Gasteiger charge is 2.04. The second-order valence-corrected chi connectivity index (χ2v) is 2.66. The van der Waals surface area contributed by atoms with Crippen LogP contribution >= 0.6 is 0 Å². The molecule has 0 aliphatic heterocycles. The van der Waals surface area contributed by atoms with Gasteiger partial charge in [0.25, 0.3) is 0 Å². The molecule has 1 unspecified atom stereocenters. The van der Waals surface area contributed by atoms with Gasteiger partial charge in [-0.15, -0.1) is 0 Å². The fourth-order valence-corrected chi connectivity index (χ4v) is 0.716. The molecular weight excluding hydrogens is 124 g/mol. The lowest BCUT2D eigenvalue weighted by atomic mass is 10.0. The Morgan fingerprint density at radius 2 is 2.20 bits per heavy atom. The molecule has 0 N–H and O–H groups in total. The highest BCUT2D eigenvalue weighted by Crippen LogP contribution is 2.06. The van der Waals surface area contributed by atoms with E-state index in [4.69, 9.17) is 0 Å². The minimum atomic E-state index is 0.233. The summed E-state index contributed by atoms with van der Waals surface area (Å²) in [4.78, 5) is 10.7. The van der Waals surface area contributed by atoms with Crippen molar-refractivity contribution in [1.82, 2.24) is 0 Å². The first kappa shape index (κ1) is 9.41. The number of allylic oxidation sites excluding steroid dienone is 2. The molecule has 0 bridgehead atoms. The van der Waals surface area contributed by atoms with Gasteiger partial charge in [0.1, 0.15) is 5.78 Å². The van der Waals surface area contributed by atoms with Crippen LogP contribution in [-0.2, 0) is 4.79 Å². The van der Waals surface area contributed by atoms with Crippen LogP contribution in [0.15, 0.2) is 12.2 Å². The summed E-state index contributed by atoms with van der Waals surface area (Å²) in [6.45, 7) is 5.63. The van der Waals surface area contributed by atoms with Gasteiger partial charge in [-0.25, -0.2) is 0 Å². The number of carbonyl (C=O) groups is 1. The van der Waals surface area contributed by atoms with Crippen LogP contribution in [0.2, 0.25) is 0 Å². The van der Waals surface area contributed by atoms with E-state index in [1.165, 1.54) is 0 Å². The lowest BCUT2D eigenvalue weighted by molar-refractivity contribution is -0.120. The summed E-state index contributed by atoms with van der Waals surface area (Å²) in [7, 11) is 0. The molecule has 1 heteroatoms. The molecule has 0 aliphatic rings. The van der Waals surface area contributed by atoms with Crippen molar-refractivity contribution in [3.8, 4) is 0 Å². The normalized spacial score (nSPS) is 13.9. The third-order valence-electron chi connectivity index (χ3n) is 1.70. The molecule has 10 heavy (non-hydrogen) atoms. The van der Waals surface area contributed by atoms with Crippen molar-refractivity contribution in [2.75, 3.05) is 0 Å². The Morgan fingerprint density at radius 1 is 1.60 bits per heavy atom. The van der Waals surface area contributed by atoms with Gasteiger partial charge >= 0.3 is 0 Å². The number of hydrogen-bond acceptors (Lipinski definition) is 1. The zero-order valence-electron chi connectivity index (χ0n) is 7.05. The van der Waals surface area contributed by atoms with Gasteiger partial charge in [-0.05, 0) is 26.7 Å². The monoisotopic (exact) mass is 140 g/mol. The van der Waals surface area contributed by atoms with E-state index in [0.717, 1.165) is 12.8 Å². The van der Waals surface area contributed by atoms with Gasteiger partial charge in [0.2, 0.25) is 0 Å². The molecule has 0 saturated heterocycles. The SMILES string of the molecule is C/C=C\CCC(C)C(C)=O. The number of carbonyl (C=O) groups excluding carboxylic acids is 1. The van der Waals surface area contributed by atoms with Gasteiger partial charge in [-0.1, -0.05) is 19.1 Å². The van der Waals surface area contributed by atoms with E-state index in [1.54, 1.807) is 6.92 Å². The van der Waals surface area contributed by atoms with Gasteiger partial charge in [-0.2, -0.15) is 0 Å². The van der Waals surface area contributed by atoms with Crippen LogP contribution < -0.4 is 0 Å². The van der Waals surface area contributed by atoms with Gasteiger partial charge in [-0.3, -0.25) is 4.79 Å². The predicted octanol–water partition coefficient (Wildman–Crippen LogP) is 2.57. The number of Topliss-reactive ketones (excluding diaryl/α,β-unsaturated/α-hetero) is 1. The summed E-state index contributed by atoms with van der Waals surface area (Å²) in [5, 5.41) is 0. The van der Waals surface area contributed by atoms with E-state index in [1.807, 2.05) is 19.9 Å². The van der Waals surface area contributed by atoms with Crippen LogP contribution in [0.1, 0.15) is 33.6 Å².